The summed E-state index contributed by atoms with van der Waals surface area (Å²) in [4.78, 5) is 47.2. The van der Waals surface area contributed by atoms with Crippen molar-refractivity contribution in [2.24, 2.45) is 4.99 Å². The zero-order valence-electron chi connectivity index (χ0n) is 23.9. The predicted molar refractivity (Wildman–Crippen MR) is 160 cm³/mol. The van der Waals surface area contributed by atoms with E-state index < -0.39 is 24.0 Å². The first-order valence-corrected chi connectivity index (χ1v) is 14.4. The van der Waals surface area contributed by atoms with E-state index in [1.54, 1.807) is 18.2 Å². The molecule has 0 unspecified atom stereocenters. The van der Waals surface area contributed by atoms with E-state index in [-0.39, 0.29) is 45.6 Å². The van der Waals surface area contributed by atoms with Crippen LogP contribution in [0.1, 0.15) is 42.6 Å². The topological polar surface area (TPSA) is 119 Å². The maximum Gasteiger partial charge on any atom is 0.573 e. The van der Waals surface area contributed by atoms with Gasteiger partial charge in [0, 0.05) is 11.1 Å². The summed E-state index contributed by atoms with van der Waals surface area (Å²) < 4.78 is 57.4. The van der Waals surface area contributed by atoms with Gasteiger partial charge in [-0.2, -0.15) is 4.99 Å². The number of rotatable bonds is 7. The number of nitrogens with one attached hydrogen (secondary N) is 1. The van der Waals surface area contributed by atoms with E-state index in [0.717, 1.165) is 35.5 Å². The van der Waals surface area contributed by atoms with Crippen molar-refractivity contribution in [2.75, 3.05) is 16.0 Å². The van der Waals surface area contributed by atoms with Gasteiger partial charge in [-0.05, 0) is 66.9 Å². The quantitative estimate of drug-likeness (QED) is 0.171. The molecule has 1 aliphatic heterocycles. The molecule has 232 valence electrons. The van der Waals surface area contributed by atoms with Crippen LogP contribution < -0.4 is 15.0 Å². The Morgan fingerprint density at radius 2 is 1.80 bits per heavy atom. The van der Waals surface area contributed by atoms with E-state index in [2.05, 4.69) is 25.1 Å². The van der Waals surface area contributed by atoms with E-state index in [1.165, 1.54) is 47.1 Å². The lowest BCUT2D eigenvalue weighted by Crippen LogP contribution is -2.31. The molecule has 0 atom stereocenters. The second-order valence-corrected chi connectivity index (χ2v) is 11.0. The van der Waals surface area contributed by atoms with Crippen LogP contribution in [0.25, 0.3) is 17.1 Å². The average molecular weight is 641 g/mol. The van der Waals surface area contributed by atoms with Gasteiger partial charge in [-0.25, -0.2) is 18.9 Å². The second-order valence-electron chi connectivity index (χ2n) is 10.1. The van der Waals surface area contributed by atoms with Crippen LogP contribution in [-0.4, -0.2) is 49.8 Å². The molecule has 5 rings (SSSR count). The molecular weight excluding hydrogens is 616 g/mol. The average Bonchev–Trinajstić information content (AvgIpc) is 3.60. The fourth-order valence-corrected chi connectivity index (χ4v) is 5.29. The van der Waals surface area contributed by atoms with E-state index in [9.17, 15) is 27.6 Å². The number of urea groups is 1. The summed E-state index contributed by atoms with van der Waals surface area (Å²) in [6, 6.07) is 12.9. The number of aliphatic imine (C=N–C) groups is 1. The van der Waals surface area contributed by atoms with Gasteiger partial charge in [0.25, 0.3) is 0 Å². The zero-order chi connectivity index (χ0) is 32.5. The highest BCUT2D eigenvalue weighted by Crippen LogP contribution is 2.35. The second kappa shape index (κ2) is 12.5. The van der Waals surface area contributed by atoms with E-state index in [0.29, 0.717) is 16.9 Å². The Morgan fingerprint density at radius 1 is 1.07 bits per heavy atom. The lowest BCUT2D eigenvalue weighted by atomic mass is 9.97. The van der Waals surface area contributed by atoms with Gasteiger partial charge in [-0.15, -0.1) is 18.3 Å². The number of amides is 3. The number of hydrogen-bond acceptors (Lipinski definition) is 7. The van der Waals surface area contributed by atoms with Crippen LogP contribution in [0.5, 0.6) is 5.75 Å². The number of carbonyl (C=O) groups excluding carboxylic acids is 3. The Bertz CT molecular complexity index is 1820. The van der Waals surface area contributed by atoms with Crippen molar-refractivity contribution in [3.05, 3.63) is 83.9 Å². The van der Waals surface area contributed by atoms with Crippen molar-refractivity contribution in [2.45, 2.75) is 33.1 Å². The number of halogens is 4. The van der Waals surface area contributed by atoms with Crippen LogP contribution in [0, 0.1) is 5.82 Å². The Balaban J connectivity index is 1.32. The molecule has 1 fully saturated rings. The standard InChI is InChI=1S/C30H24F4N6O4S/c1-16(2)22-10-4-18(17(3)41)13-25(22)40-26(42)14-45-29(40)37-28(43)36-24-11-5-19(12-23(24)31)27-35-15-39(38-27)20-6-8-21(9-7-20)44-30(32,33)34/h4-13,15-16H,14H2,1-3H3,(H,36,43)/b37-29-. The highest BCUT2D eigenvalue weighted by Gasteiger charge is 2.33. The van der Waals surface area contributed by atoms with Gasteiger partial charge in [0.15, 0.2) is 16.8 Å². The van der Waals surface area contributed by atoms with Crippen LogP contribution in [0.3, 0.4) is 0 Å². The van der Waals surface area contributed by atoms with Crippen LogP contribution in [0.4, 0.5) is 33.7 Å². The molecule has 0 spiro atoms. The Morgan fingerprint density at radius 3 is 2.44 bits per heavy atom. The first-order valence-electron chi connectivity index (χ1n) is 13.4. The number of thioether (sulfide) groups is 1. The number of Topliss-reactive ketones (excluding diaryl/α,β-unsaturated/α-hetero) is 1. The number of ketones is 1. The molecule has 0 radical (unpaired) electrons. The fourth-order valence-electron chi connectivity index (χ4n) is 4.43. The van der Waals surface area contributed by atoms with Gasteiger partial charge in [-0.3, -0.25) is 14.5 Å². The fraction of sp³-hybridized carbons (Fsp3) is 0.200. The van der Waals surface area contributed by atoms with Gasteiger partial charge in [0.2, 0.25) is 5.91 Å². The Hall–Kier alpha value is -5.05. The van der Waals surface area contributed by atoms with Crippen LogP contribution in [0.2, 0.25) is 0 Å². The summed E-state index contributed by atoms with van der Waals surface area (Å²) >= 11 is 1.05. The zero-order valence-corrected chi connectivity index (χ0v) is 24.7. The molecule has 45 heavy (non-hydrogen) atoms. The smallest absolute Gasteiger partial charge is 0.406 e. The molecule has 3 aromatic carbocycles. The van der Waals surface area contributed by atoms with Crippen molar-refractivity contribution in [3.63, 3.8) is 0 Å². The monoisotopic (exact) mass is 640 g/mol. The van der Waals surface area contributed by atoms with Crippen LogP contribution >= 0.6 is 11.8 Å². The van der Waals surface area contributed by atoms with Crippen LogP contribution in [-0.2, 0) is 4.79 Å². The summed E-state index contributed by atoms with van der Waals surface area (Å²) in [7, 11) is 0. The van der Waals surface area contributed by atoms with Crippen molar-refractivity contribution < 1.29 is 36.7 Å². The summed E-state index contributed by atoms with van der Waals surface area (Å²) in [5, 5.41) is 6.71. The largest absolute Gasteiger partial charge is 0.573 e. The lowest BCUT2D eigenvalue weighted by Gasteiger charge is -2.22. The maximum absolute atomic E-state index is 15.1. The maximum atomic E-state index is 15.1. The number of aromatic nitrogens is 3. The van der Waals surface area contributed by atoms with E-state index in [1.807, 2.05) is 13.8 Å². The number of carbonyl (C=O) groups is 3. The molecule has 15 heteroatoms. The molecule has 4 aromatic rings. The minimum atomic E-state index is -4.82. The molecule has 1 aromatic heterocycles. The molecule has 2 heterocycles. The number of benzene rings is 3. The van der Waals surface area contributed by atoms with Gasteiger partial charge < -0.3 is 10.1 Å². The third-order valence-electron chi connectivity index (χ3n) is 6.56. The number of alkyl halides is 3. The Kier molecular flexibility index (Phi) is 8.73. The molecule has 0 saturated carbocycles. The third kappa shape index (κ3) is 7.20. The van der Waals surface area contributed by atoms with Crippen molar-refractivity contribution in [1.29, 1.82) is 0 Å². The highest BCUT2D eigenvalue weighted by atomic mass is 32.2. The molecule has 3 amide bonds. The first-order chi connectivity index (χ1) is 21.3. The minimum absolute atomic E-state index is 0.00129. The summed E-state index contributed by atoms with van der Waals surface area (Å²) in [6.07, 6.45) is -3.51. The number of hydrogen-bond donors (Lipinski definition) is 1. The van der Waals surface area contributed by atoms with Gasteiger partial charge in [-0.1, -0.05) is 37.7 Å². The Labute approximate surface area is 258 Å². The SMILES string of the molecule is CC(=O)c1ccc(C(C)C)c(N2C(=O)CS/C2=N\C(=O)Nc2ccc(-c3ncn(-c4ccc(OC(F)(F)F)cc4)n3)cc2F)c1. The third-order valence-corrected chi connectivity index (χ3v) is 7.48. The molecule has 0 aliphatic carbocycles. The molecule has 1 saturated heterocycles. The van der Waals surface area contributed by atoms with Crippen molar-refractivity contribution >= 4 is 46.0 Å². The van der Waals surface area contributed by atoms with Gasteiger partial charge in [0.05, 0.1) is 22.8 Å². The molecule has 0 bridgehead atoms. The molecule has 1 aliphatic rings. The summed E-state index contributed by atoms with van der Waals surface area (Å²) in [6.45, 7) is 5.28. The van der Waals surface area contributed by atoms with Crippen molar-refractivity contribution in [3.8, 4) is 22.8 Å². The predicted octanol–water partition coefficient (Wildman–Crippen LogP) is 6.97. The number of nitrogens with zero attached hydrogens (tertiary/aromatic N) is 5. The molecule has 1 N–H and O–H groups in total. The number of ether oxygens (including phenoxy) is 1. The summed E-state index contributed by atoms with van der Waals surface area (Å²) in [5.74, 6) is -1.56. The molecule has 10 nitrogen and oxygen atoms in total. The van der Waals surface area contributed by atoms with Crippen LogP contribution in [0.15, 0.2) is 72.0 Å². The molecular formula is C30H24F4N6O4S. The highest BCUT2D eigenvalue weighted by molar-refractivity contribution is 8.15. The lowest BCUT2D eigenvalue weighted by molar-refractivity contribution is -0.274. The van der Waals surface area contributed by atoms with E-state index in [4.69, 9.17) is 0 Å². The number of amidine groups is 1. The normalized spacial score (nSPS) is 14.4. The van der Waals surface area contributed by atoms with Crippen molar-refractivity contribution in [1.82, 2.24) is 14.8 Å². The summed E-state index contributed by atoms with van der Waals surface area (Å²) in [5.41, 5.74) is 2.11. The first kappa shape index (κ1) is 31.4. The van der Waals surface area contributed by atoms with Gasteiger partial charge in [0.1, 0.15) is 17.9 Å². The van der Waals surface area contributed by atoms with Gasteiger partial charge >= 0.3 is 12.4 Å². The number of anilines is 2. The van der Waals surface area contributed by atoms with E-state index >= 15 is 4.39 Å². The minimum Gasteiger partial charge on any atom is -0.406 e.